The van der Waals surface area contributed by atoms with Crippen molar-refractivity contribution in [1.82, 2.24) is 40.6 Å². The molecule has 0 radical (unpaired) electrons. The summed E-state index contributed by atoms with van der Waals surface area (Å²) in [5.74, 6) is 1.03. The Morgan fingerprint density at radius 2 is 1.64 bits per heavy atom. The average Bonchev–Trinajstić information content (AvgIpc) is 4.05. The summed E-state index contributed by atoms with van der Waals surface area (Å²) in [6.07, 6.45) is 5.42. The maximum atomic E-state index is 12.7. The second kappa shape index (κ2) is 16.6. The zero-order valence-corrected chi connectivity index (χ0v) is 35.2. The van der Waals surface area contributed by atoms with Crippen LogP contribution in [0.25, 0.3) is 33.5 Å². The lowest BCUT2D eigenvalue weighted by Crippen LogP contribution is -2.49. The number of aryl methyl sites for hydroxylation is 1. The summed E-state index contributed by atoms with van der Waals surface area (Å²) >= 11 is 0. The molecule has 4 amide bonds. The predicted molar refractivity (Wildman–Crippen MR) is 234 cm³/mol. The number of rotatable bonds is 10. The van der Waals surface area contributed by atoms with Crippen LogP contribution in [-0.4, -0.2) is 87.1 Å². The molecular formula is C47H52N10O4. The van der Waals surface area contributed by atoms with E-state index in [1.165, 1.54) is 17.7 Å². The molecule has 3 aliphatic heterocycles. The van der Waals surface area contributed by atoms with Crippen molar-refractivity contribution in [3.05, 3.63) is 108 Å². The standard InChI is InChI=1S/C47H52N10O4/c1-29-23-33(9-10-34(29)25-48-43(59)44-53-45(54-61-44)47(2,3)4)41-38-24-39(51-42(38)50-28-49-41)32-7-5-31(6-8-32)35-17-19-55(27-35)26-30-15-20-56(21-16-30)36-11-13-37(14-12-36)57-22-18-40(58)52-46(57)60/h5-14,23-24,28,30,35H,15-22,25-27H2,1-4H3,(H,48,59)(H,49,50,51)(H,52,58,60). The number of imide groups is 1. The highest BCUT2D eigenvalue weighted by atomic mass is 16.5. The van der Waals surface area contributed by atoms with Crippen molar-refractivity contribution in [1.29, 1.82) is 0 Å². The topological polar surface area (TPSA) is 165 Å². The number of piperidine rings is 1. The monoisotopic (exact) mass is 820 g/mol. The number of hydrogen-bond donors (Lipinski definition) is 3. The predicted octanol–water partition coefficient (Wildman–Crippen LogP) is 7.36. The molecule has 14 heteroatoms. The lowest BCUT2D eigenvalue weighted by atomic mass is 9.95. The van der Waals surface area contributed by atoms with Gasteiger partial charge in [0.05, 0.1) is 5.69 Å². The van der Waals surface area contributed by atoms with Crippen LogP contribution >= 0.6 is 0 Å². The number of urea groups is 1. The molecule has 61 heavy (non-hydrogen) atoms. The highest BCUT2D eigenvalue weighted by molar-refractivity contribution is 6.05. The summed E-state index contributed by atoms with van der Waals surface area (Å²) in [6.45, 7) is 14.1. The van der Waals surface area contributed by atoms with E-state index < -0.39 is 5.91 Å². The quantitative estimate of drug-likeness (QED) is 0.127. The summed E-state index contributed by atoms with van der Waals surface area (Å²) in [7, 11) is 0. The fraction of sp³-hybridized carbons (Fsp3) is 0.383. The molecule has 3 aliphatic rings. The lowest BCUT2D eigenvalue weighted by Gasteiger charge is -2.35. The maximum absolute atomic E-state index is 12.7. The van der Waals surface area contributed by atoms with Crippen molar-refractivity contribution < 1.29 is 18.9 Å². The van der Waals surface area contributed by atoms with Gasteiger partial charge in [-0.05, 0) is 103 Å². The van der Waals surface area contributed by atoms with Crippen molar-refractivity contribution >= 4 is 40.3 Å². The van der Waals surface area contributed by atoms with E-state index in [1.807, 2.05) is 52.0 Å². The summed E-state index contributed by atoms with van der Waals surface area (Å²) in [6, 6.07) is 25.1. The molecule has 3 aromatic heterocycles. The SMILES string of the molecule is Cc1cc(-c2ncnc3[nH]c(-c4ccc(C5CCN(CC6CCN(c7ccc(N8CCC(=O)NC8=O)cc7)CC6)C5)cc4)cc23)ccc1CNC(=O)c1nc(C(C)(C)C)no1. The molecule has 3 saturated heterocycles. The minimum absolute atomic E-state index is 0.0414. The molecule has 1 unspecified atom stereocenters. The largest absolute Gasteiger partial charge is 0.372 e. The van der Waals surface area contributed by atoms with Gasteiger partial charge in [-0.25, -0.2) is 14.8 Å². The Morgan fingerprint density at radius 1 is 0.885 bits per heavy atom. The van der Waals surface area contributed by atoms with Crippen molar-refractivity contribution in [3.63, 3.8) is 0 Å². The Hall–Kier alpha value is -6.41. The van der Waals surface area contributed by atoms with Crippen LogP contribution in [0.1, 0.15) is 85.6 Å². The molecule has 14 nitrogen and oxygen atoms in total. The molecule has 9 rings (SSSR count). The molecule has 3 aromatic carbocycles. The number of aromatic nitrogens is 5. The molecule has 6 heterocycles. The van der Waals surface area contributed by atoms with E-state index in [0.29, 0.717) is 37.2 Å². The number of nitrogens with zero attached hydrogens (tertiary/aromatic N) is 7. The van der Waals surface area contributed by atoms with Gasteiger partial charge in [0.2, 0.25) is 5.91 Å². The first-order valence-electron chi connectivity index (χ1n) is 21.3. The molecular weight excluding hydrogens is 769 g/mol. The third-order valence-electron chi connectivity index (χ3n) is 12.4. The number of anilines is 2. The Kier molecular flexibility index (Phi) is 10.9. The minimum atomic E-state index is -0.402. The molecule has 6 aromatic rings. The van der Waals surface area contributed by atoms with Crippen molar-refractivity contribution in [2.24, 2.45) is 5.92 Å². The molecule has 0 saturated carbocycles. The fourth-order valence-corrected chi connectivity index (χ4v) is 8.84. The van der Waals surface area contributed by atoms with Crippen LogP contribution in [0.15, 0.2) is 83.6 Å². The van der Waals surface area contributed by atoms with Gasteiger partial charge < -0.3 is 24.6 Å². The van der Waals surface area contributed by atoms with Gasteiger partial charge in [-0.15, -0.1) is 0 Å². The minimum Gasteiger partial charge on any atom is -0.372 e. The normalized spacial score (nSPS) is 17.9. The first-order chi connectivity index (χ1) is 29.4. The third kappa shape index (κ3) is 8.63. The van der Waals surface area contributed by atoms with E-state index in [-0.39, 0.29) is 23.2 Å². The van der Waals surface area contributed by atoms with E-state index in [1.54, 1.807) is 11.2 Å². The molecule has 3 fully saturated rings. The van der Waals surface area contributed by atoms with E-state index in [4.69, 9.17) is 4.52 Å². The Bertz CT molecular complexity index is 2570. The average molecular weight is 821 g/mol. The second-order valence-electron chi connectivity index (χ2n) is 17.7. The number of carbonyl (C=O) groups is 3. The summed E-state index contributed by atoms with van der Waals surface area (Å²) in [5, 5.41) is 10.2. The highest BCUT2D eigenvalue weighted by Gasteiger charge is 2.29. The van der Waals surface area contributed by atoms with Gasteiger partial charge in [0.1, 0.15) is 12.0 Å². The third-order valence-corrected chi connectivity index (χ3v) is 12.4. The number of amides is 4. The molecule has 0 aliphatic carbocycles. The van der Waals surface area contributed by atoms with Crippen LogP contribution in [0.3, 0.4) is 0 Å². The molecule has 314 valence electrons. The van der Waals surface area contributed by atoms with Gasteiger partial charge in [0.15, 0.2) is 5.82 Å². The van der Waals surface area contributed by atoms with Crippen LogP contribution in [0, 0.1) is 12.8 Å². The van der Waals surface area contributed by atoms with E-state index in [0.717, 1.165) is 95.9 Å². The smallest absolute Gasteiger partial charge is 0.328 e. The highest BCUT2D eigenvalue weighted by Crippen LogP contribution is 2.34. The van der Waals surface area contributed by atoms with E-state index in [9.17, 15) is 14.4 Å². The van der Waals surface area contributed by atoms with Gasteiger partial charge in [-0.3, -0.25) is 19.8 Å². The van der Waals surface area contributed by atoms with Gasteiger partial charge >= 0.3 is 17.8 Å². The Labute approximate surface area is 355 Å². The summed E-state index contributed by atoms with van der Waals surface area (Å²) < 4.78 is 5.20. The first kappa shape index (κ1) is 40.0. The van der Waals surface area contributed by atoms with Crippen LogP contribution in [-0.2, 0) is 16.8 Å². The summed E-state index contributed by atoms with van der Waals surface area (Å²) in [5.41, 5.74) is 9.78. The number of fused-ring (bicyclic) bond motifs is 1. The zero-order chi connectivity index (χ0) is 42.3. The van der Waals surface area contributed by atoms with E-state index in [2.05, 4.69) is 94.1 Å². The number of hydrogen-bond acceptors (Lipinski definition) is 10. The van der Waals surface area contributed by atoms with Gasteiger partial charge in [-0.2, -0.15) is 4.98 Å². The van der Waals surface area contributed by atoms with Crippen molar-refractivity contribution in [3.8, 4) is 22.5 Å². The number of benzene rings is 3. The van der Waals surface area contributed by atoms with Crippen LogP contribution < -0.4 is 20.4 Å². The van der Waals surface area contributed by atoms with Crippen LogP contribution in [0.2, 0.25) is 0 Å². The molecule has 0 bridgehead atoms. The lowest BCUT2D eigenvalue weighted by molar-refractivity contribution is -0.120. The zero-order valence-electron chi connectivity index (χ0n) is 35.2. The van der Waals surface area contributed by atoms with E-state index >= 15 is 0 Å². The van der Waals surface area contributed by atoms with Crippen molar-refractivity contribution in [2.45, 2.75) is 71.3 Å². The maximum Gasteiger partial charge on any atom is 0.328 e. The van der Waals surface area contributed by atoms with Gasteiger partial charge in [-0.1, -0.05) is 62.3 Å². The van der Waals surface area contributed by atoms with Crippen molar-refractivity contribution in [2.75, 3.05) is 49.1 Å². The summed E-state index contributed by atoms with van der Waals surface area (Å²) in [4.78, 5) is 60.3. The first-order valence-corrected chi connectivity index (χ1v) is 21.3. The Morgan fingerprint density at radius 3 is 2.36 bits per heavy atom. The second-order valence-corrected chi connectivity index (χ2v) is 17.7. The number of likely N-dealkylation sites (tertiary alicyclic amines) is 1. The van der Waals surface area contributed by atoms with Crippen LogP contribution in [0.5, 0.6) is 0 Å². The molecule has 3 N–H and O–H groups in total. The molecule has 0 spiro atoms. The van der Waals surface area contributed by atoms with Gasteiger partial charge in [0, 0.05) is 79.1 Å². The molecule has 1 atom stereocenters. The number of aromatic amines is 1. The van der Waals surface area contributed by atoms with Crippen LogP contribution in [0.4, 0.5) is 16.2 Å². The number of H-pyrrole nitrogens is 1. The Balaban J connectivity index is 0.777. The number of nitrogens with one attached hydrogen (secondary N) is 3. The number of carbonyl (C=O) groups excluding carboxylic acids is 3. The fourth-order valence-electron chi connectivity index (χ4n) is 8.84. The van der Waals surface area contributed by atoms with Gasteiger partial charge in [0.25, 0.3) is 0 Å².